The molecule has 1 aromatic heterocycles. The smallest absolute Gasteiger partial charge is 0.247 e. The zero-order valence-electron chi connectivity index (χ0n) is 12.4. The first-order chi connectivity index (χ1) is 9.34. The zero-order chi connectivity index (χ0) is 15.3. The maximum absolute atomic E-state index is 12.6. The van der Waals surface area contributed by atoms with Crippen LogP contribution in [0.5, 0.6) is 0 Å². The van der Waals surface area contributed by atoms with E-state index in [-0.39, 0.29) is 15.6 Å². The second-order valence-electron chi connectivity index (χ2n) is 4.79. The summed E-state index contributed by atoms with van der Waals surface area (Å²) in [6, 6.07) is 1.54. The van der Waals surface area contributed by atoms with E-state index in [9.17, 15) is 8.42 Å². The molecule has 0 aliphatic carbocycles. The van der Waals surface area contributed by atoms with Gasteiger partial charge in [0.05, 0.1) is 6.54 Å². The van der Waals surface area contributed by atoms with Gasteiger partial charge in [-0.2, -0.15) is 4.31 Å². The van der Waals surface area contributed by atoms with Crippen molar-refractivity contribution < 1.29 is 12.8 Å². The highest BCUT2D eigenvalue weighted by Gasteiger charge is 2.29. The molecule has 0 saturated heterocycles. The summed E-state index contributed by atoms with van der Waals surface area (Å²) in [6.45, 7) is 7.25. The predicted octanol–water partition coefficient (Wildman–Crippen LogP) is 2.96. The van der Waals surface area contributed by atoms with Gasteiger partial charge in [0.25, 0.3) is 0 Å². The molecule has 1 aromatic rings. The van der Waals surface area contributed by atoms with Crippen molar-refractivity contribution in [1.29, 1.82) is 0 Å². The molecule has 1 unspecified atom stereocenters. The number of nitrogens with one attached hydrogen (secondary N) is 1. The normalized spacial score (nSPS) is 13.9. The molecule has 5 nitrogen and oxygen atoms in total. The van der Waals surface area contributed by atoms with Crippen molar-refractivity contribution >= 4 is 26.0 Å². The van der Waals surface area contributed by atoms with E-state index < -0.39 is 10.0 Å². The highest BCUT2D eigenvalue weighted by atomic mass is 79.9. The van der Waals surface area contributed by atoms with Crippen molar-refractivity contribution in [2.45, 2.75) is 51.1 Å². The number of furan rings is 1. The average molecular weight is 367 g/mol. The summed E-state index contributed by atoms with van der Waals surface area (Å²) in [4.78, 5) is 0.191. The number of hydrogen-bond acceptors (Lipinski definition) is 4. The Morgan fingerprint density at radius 3 is 2.65 bits per heavy atom. The first-order valence-electron chi connectivity index (χ1n) is 6.81. The topological polar surface area (TPSA) is 62.6 Å². The van der Waals surface area contributed by atoms with Crippen LogP contribution in [-0.2, 0) is 16.6 Å². The first-order valence-corrected chi connectivity index (χ1v) is 9.04. The lowest BCUT2D eigenvalue weighted by Crippen LogP contribution is -2.34. The maximum Gasteiger partial charge on any atom is 0.247 e. The predicted molar refractivity (Wildman–Crippen MR) is 83.1 cm³/mol. The van der Waals surface area contributed by atoms with Crippen molar-refractivity contribution in [2.24, 2.45) is 0 Å². The Labute approximate surface area is 129 Å². The maximum atomic E-state index is 12.6. The van der Waals surface area contributed by atoms with E-state index in [4.69, 9.17) is 4.42 Å². The molecule has 0 amide bonds. The monoisotopic (exact) mass is 366 g/mol. The first kappa shape index (κ1) is 17.7. The highest BCUT2D eigenvalue weighted by molar-refractivity contribution is 9.10. The molecular formula is C13H23BrN2O3S. The van der Waals surface area contributed by atoms with E-state index >= 15 is 0 Å². The second-order valence-corrected chi connectivity index (χ2v) is 7.48. The molecule has 0 spiro atoms. The molecule has 0 bridgehead atoms. The van der Waals surface area contributed by atoms with Crippen molar-refractivity contribution in [1.82, 2.24) is 9.62 Å². The van der Waals surface area contributed by atoms with E-state index in [1.807, 2.05) is 20.8 Å². The molecule has 0 aliphatic heterocycles. The van der Waals surface area contributed by atoms with Gasteiger partial charge in [-0.1, -0.05) is 20.3 Å². The van der Waals surface area contributed by atoms with Crippen LogP contribution in [0.3, 0.4) is 0 Å². The minimum atomic E-state index is -3.53. The van der Waals surface area contributed by atoms with Crippen molar-refractivity contribution in [2.75, 3.05) is 13.6 Å². The summed E-state index contributed by atoms with van der Waals surface area (Å²) in [7, 11) is -1.92. The van der Waals surface area contributed by atoms with E-state index in [1.165, 1.54) is 4.31 Å². The van der Waals surface area contributed by atoms with E-state index in [0.717, 1.165) is 19.4 Å². The Morgan fingerprint density at radius 2 is 2.10 bits per heavy atom. The highest BCUT2D eigenvalue weighted by Crippen LogP contribution is 2.29. The van der Waals surface area contributed by atoms with Gasteiger partial charge >= 0.3 is 0 Å². The van der Waals surface area contributed by atoms with Crippen molar-refractivity contribution in [3.05, 3.63) is 16.5 Å². The number of nitrogens with zero attached hydrogens (tertiary/aromatic N) is 1. The summed E-state index contributed by atoms with van der Waals surface area (Å²) in [5.41, 5.74) is 0. The van der Waals surface area contributed by atoms with Crippen molar-refractivity contribution in [3.8, 4) is 0 Å². The van der Waals surface area contributed by atoms with Crippen molar-refractivity contribution in [3.63, 3.8) is 0 Å². The van der Waals surface area contributed by atoms with Crippen LogP contribution in [-0.4, -0.2) is 32.4 Å². The Kier molecular flexibility index (Phi) is 6.71. The molecule has 116 valence electrons. The minimum absolute atomic E-state index is 0.0379. The fourth-order valence-electron chi connectivity index (χ4n) is 1.90. The van der Waals surface area contributed by atoms with Gasteiger partial charge in [0.15, 0.2) is 4.67 Å². The van der Waals surface area contributed by atoms with Crippen LogP contribution in [0.15, 0.2) is 20.0 Å². The number of halogens is 1. The lowest BCUT2D eigenvalue weighted by atomic mass is 10.2. The Morgan fingerprint density at radius 1 is 1.45 bits per heavy atom. The van der Waals surface area contributed by atoms with Gasteiger partial charge in [0.2, 0.25) is 10.0 Å². The number of hydrogen-bond donors (Lipinski definition) is 1. The second kappa shape index (κ2) is 7.59. The van der Waals surface area contributed by atoms with E-state index in [1.54, 1.807) is 13.1 Å². The van der Waals surface area contributed by atoms with Gasteiger partial charge in [-0.05, 0) is 35.8 Å². The van der Waals surface area contributed by atoms with Gasteiger partial charge in [-0.15, -0.1) is 0 Å². The molecular weight excluding hydrogens is 344 g/mol. The molecule has 7 heteroatoms. The summed E-state index contributed by atoms with van der Waals surface area (Å²) >= 11 is 3.20. The zero-order valence-corrected chi connectivity index (χ0v) is 14.8. The molecule has 0 radical (unpaired) electrons. The van der Waals surface area contributed by atoms with Gasteiger partial charge in [0, 0.05) is 19.2 Å². The molecule has 1 N–H and O–H groups in total. The molecule has 0 aliphatic rings. The molecule has 1 rings (SSSR count). The summed E-state index contributed by atoms with van der Waals surface area (Å²) in [5.74, 6) is 0.605. The quantitative estimate of drug-likeness (QED) is 0.767. The standard InChI is InChI=1S/C13H23BrN2O3S/c1-5-7-10(3)16(4)20(17,18)12-8-11(9-15-6-2)19-13(12)14/h8,10,15H,5-7,9H2,1-4H3. The fraction of sp³-hybridized carbons (Fsp3) is 0.692. The van der Waals surface area contributed by atoms with Gasteiger partial charge in [-0.3, -0.25) is 0 Å². The summed E-state index contributed by atoms with van der Waals surface area (Å²) in [5, 5.41) is 3.11. The number of rotatable bonds is 8. The molecule has 1 atom stereocenters. The lowest BCUT2D eigenvalue weighted by Gasteiger charge is -2.23. The summed E-state index contributed by atoms with van der Waals surface area (Å²) in [6.07, 6.45) is 1.77. The lowest BCUT2D eigenvalue weighted by molar-refractivity contribution is 0.367. The van der Waals surface area contributed by atoms with Crippen LogP contribution in [0, 0.1) is 0 Å². The average Bonchev–Trinajstić information content (AvgIpc) is 2.77. The third-order valence-electron chi connectivity index (χ3n) is 3.24. The Bertz CT molecular complexity index is 528. The number of sulfonamides is 1. The molecule has 0 aromatic carbocycles. The Balaban J connectivity index is 3.00. The Hall–Kier alpha value is -0.370. The van der Waals surface area contributed by atoms with E-state index in [0.29, 0.717) is 12.3 Å². The fourth-order valence-corrected chi connectivity index (χ4v) is 4.25. The molecule has 20 heavy (non-hydrogen) atoms. The van der Waals surface area contributed by atoms with Crippen LogP contribution < -0.4 is 5.32 Å². The molecule has 0 fully saturated rings. The minimum Gasteiger partial charge on any atom is -0.452 e. The van der Waals surface area contributed by atoms with Gasteiger partial charge in [0.1, 0.15) is 10.7 Å². The largest absolute Gasteiger partial charge is 0.452 e. The third-order valence-corrected chi connectivity index (χ3v) is 6.07. The van der Waals surface area contributed by atoms with Crippen LogP contribution >= 0.6 is 15.9 Å². The van der Waals surface area contributed by atoms with Gasteiger partial charge in [-0.25, -0.2) is 8.42 Å². The van der Waals surface area contributed by atoms with Crippen LogP contribution in [0.25, 0.3) is 0 Å². The molecule has 1 heterocycles. The van der Waals surface area contributed by atoms with E-state index in [2.05, 4.69) is 21.2 Å². The van der Waals surface area contributed by atoms with Gasteiger partial charge < -0.3 is 9.73 Å². The molecule has 0 saturated carbocycles. The van der Waals surface area contributed by atoms with Crippen LogP contribution in [0.1, 0.15) is 39.4 Å². The van der Waals surface area contributed by atoms with Crippen LogP contribution in [0.4, 0.5) is 0 Å². The summed E-state index contributed by atoms with van der Waals surface area (Å²) < 4.78 is 32.3. The third kappa shape index (κ3) is 4.07. The SMILES string of the molecule is CCCC(C)N(C)S(=O)(=O)c1cc(CNCC)oc1Br. The van der Waals surface area contributed by atoms with Crippen LogP contribution in [0.2, 0.25) is 0 Å².